The van der Waals surface area contributed by atoms with Crippen molar-refractivity contribution in [2.45, 2.75) is 52.1 Å². The maximum absolute atomic E-state index is 13.5. The molecule has 0 saturated carbocycles. The van der Waals surface area contributed by atoms with E-state index in [2.05, 4.69) is 19.2 Å². The Bertz CT molecular complexity index is 1050. The van der Waals surface area contributed by atoms with Crippen LogP contribution in [0, 0.1) is 0 Å². The van der Waals surface area contributed by atoms with Crippen LogP contribution in [0.4, 0.5) is 0 Å². The van der Waals surface area contributed by atoms with Crippen LogP contribution in [0.5, 0.6) is 5.75 Å². The largest absolute Gasteiger partial charge is 0.484 e. The third kappa shape index (κ3) is 7.99. The number of ether oxygens (including phenoxy) is 1. The molecule has 3 aromatic carbocycles. The highest BCUT2D eigenvalue weighted by Crippen LogP contribution is 2.20. The molecule has 5 nitrogen and oxygen atoms in total. The van der Waals surface area contributed by atoms with E-state index in [9.17, 15) is 9.59 Å². The molecule has 0 heterocycles. The Morgan fingerprint density at radius 1 is 0.857 bits per heavy atom. The molecule has 184 valence electrons. The molecule has 1 atom stereocenters. The van der Waals surface area contributed by atoms with Gasteiger partial charge in [-0.3, -0.25) is 9.59 Å². The zero-order valence-electron chi connectivity index (χ0n) is 20.9. The van der Waals surface area contributed by atoms with Crippen molar-refractivity contribution < 1.29 is 14.3 Å². The molecule has 0 aliphatic heterocycles. The summed E-state index contributed by atoms with van der Waals surface area (Å²) < 4.78 is 5.86. The maximum atomic E-state index is 13.5. The Morgan fingerprint density at radius 2 is 1.46 bits per heavy atom. The van der Waals surface area contributed by atoms with E-state index >= 15 is 0 Å². The molecule has 0 spiro atoms. The van der Waals surface area contributed by atoms with Gasteiger partial charge in [0.15, 0.2) is 6.61 Å². The van der Waals surface area contributed by atoms with Crippen molar-refractivity contribution in [2.75, 3.05) is 13.2 Å². The number of hydrogen-bond donors (Lipinski definition) is 1. The summed E-state index contributed by atoms with van der Waals surface area (Å²) in [5.74, 6) is 0.681. The first-order valence-corrected chi connectivity index (χ1v) is 12.4. The van der Waals surface area contributed by atoms with Crippen LogP contribution in [-0.2, 0) is 22.6 Å². The predicted molar refractivity (Wildman–Crippen MR) is 140 cm³/mol. The topological polar surface area (TPSA) is 58.6 Å². The predicted octanol–water partition coefficient (Wildman–Crippen LogP) is 5.36. The van der Waals surface area contributed by atoms with Crippen molar-refractivity contribution in [1.29, 1.82) is 0 Å². The first-order valence-electron chi connectivity index (χ1n) is 12.4. The smallest absolute Gasteiger partial charge is 0.261 e. The van der Waals surface area contributed by atoms with Crippen molar-refractivity contribution in [2.24, 2.45) is 0 Å². The maximum Gasteiger partial charge on any atom is 0.261 e. The molecule has 0 aliphatic rings. The molecule has 3 aromatic rings. The van der Waals surface area contributed by atoms with E-state index in [1.807, 2.05) is 91.9 Å². The Balaban J connectivity index is 1.83. The molecule has 0 radical (unpaired) electrons. The molecule has 5 heteroatoms. The van der Waals surface area contributed by atoms with Crippen molar-refractivity contribution >= 4 is 11.8 Å². The van der Waals surface area contributed by atoms with Gasteiger partial charge in [-0.05, 0) is 41.2 Å². The Morgan fingerprint density at radius 3 is 2.03 bits per heavy atom. The van der Waals surface area contributed by atoms with E-state index in [1.165, 1.54) is 5.56 Å². The summed E-state index contributed by atoms with van der Waals surface area (Å²) in [7, 11) is 0. The van der Waals surface area contributed by atoms with Gasteiger partial charge in [0, 0.05) is 19.5 Å². The lowest BCUT2D eigenvalue weighted by Crippen LogP contribution is -2.51. The van der Waals surface area contributed by atoms with Gasteiger partial charge < -0.3 is 15.0 Å². The number of carbonyl (C=O) groups excluding carboxylic acids is 2. The van der Waals surface area contributed by atoms with E-state index in [-0.39, 0.29) is 18.4 Å². The molecule has 0 bridgehead atoms. The number of nitrogens with zero attached hydrogens (tertiary/aromatic N) is 1. The highest BCUT2D eigenvalue weighted by atomic mass is 16.5. The van der Waals surface area contributed by atoms with Crippen molar-refractivity contribution in [3.05, 3.63) is 102 Å². The first kappa shape index (κ1) is 26.0. The van der Waals surface area contributed by atoms with Crippen LogP contribution in [0.25, 0.3) is 0 Å². The minimum Gasteiger partial charge on any atom is -0.484 e. The van der Waals surface area contributed by atoms with Crippen molar-refractivity contribution in [3.8, 4) is 5.75 Å². The quantitative estimate of drug-likeness (QED) is 0.386. The van der Waals surface area contributed by atoms with Crippen LogP contribution in [0.1, 0.15) is 49.8 Å². The molecule has 0 saturated heterocycles. The monoisotopic (exact) mass is 472 g/mol. The Hall–Kier alpha value is -3.60. The van der Waals surface area contributed by atoms with Crippen LogP contribution >= 0.6 is 0 Å². The van der Waals surface area contributed by atoms with Gasteiger partial charge in [-0.15, -0.1) is 0 Å². The molecule has 1 N–H and O–H groups in total. The summed E-state index contributed by atoms with van der Waals surface area (Å²) in [6.45, 7) is 7.04. The summed E-state index contributed by atoms with van der Waals surface area (Å²) in [6, 6.07) is 26.7. The molecule has 0 unspecified atom stereocenters. The second-order valence-electron chi connectivity index (χ2n) is 9.02. The molecular formula is C30H36N2O3. The molecule has 35 heavy (non-hydrogen) atoms. The second-order valence-corrected chi connectivity index (χ2v) is 9.02. The first-order chi connectivity index (χ1) is 17.0. The fourth-order valence-corrected chi connectivity index (χ4v) is 3.88. The van der Waals surface area contributed by atoms with Gasteiger partial charge in [0.05, 0.1) is 0 Å². The minimum atomic E-state index is -0.649. The van der Waals surface area contributed by atoms with E-state index in [0.717, 1.165) is 17.5 Å². The highest BCUT2D eigenvalue weighted by molar-refractivity contribution is 5.88. The van der Waals surface area contributed by atoms with Crippen LogP contribution in [0.2, 0.25) is 0 Å². The summed E-state index contributed by atoms with van der Waals surface area (Å²) >= 11 is 0. The van der Waals surface area contributed by atoms with Crippen LogP contribution in [-0.4, -0.2) is 35.9 Å². The Kier molecular flexibility index (Phi) is 9.91. The van der Waals surface area contributed by atoms with E-state index in [4.69, 9.17) is 4.74 Å². The van der Waals surface area contributed by atoms with Gasteiger partial charge in [-0.1, -0.05) is 93.6 Å². The third-order valence-corrected chi connectivity index (χ3v) is 5.93. The number of nitrogens with one attached hydrogen (secondary N) is 1. The zero-order valence-corrected chi connectivity index (χ0v) is 20.9. The fraction of sp³-hybridized carbons (Fsp3) is 0.333. The van der Waals surface area contributed by atoms with Gasteiger partial charge in [0.1, 0.15) is 11.8 Å². The molecule has 3 rings (SSSR count). The van der Waals surface area contributed by atoms with E-state index < -0.39 is 6.04 Å². The molecule has 0 aromatic heterocycles. The minimum absolute atomic E-state index is 0.139. The summed E-state index contributed by atoms with van der Waals surface area (Å²) in [6.07, 6.45) is 1.25. The molecule has 2 amide bonds. The van der Waals surface area contributed by atoms with Gasteiger partial charge in [-0.25, -0.2) is 0 Å². The van der Waals surface area contributed by atoms with Gasteiger partial charge in [0.25, 0.3) is 5.91 Å². The number of amides is 2. The second kappa shape index (κ2) is 13.3. The van der Waals surface area contributed by atoms with Gasteiger partial charge >= 0.3 is 0 Å². The molecule has 0 fully saturated rings. The normalized spacial score (nSPS) is 11.7. The van der Waals surface area contributed by atoms with Crippen molar-refractivity contribution in [1.82, 2.24) is 10.2 Å². The standard InChI is InChI=1S/C30H36N2O3/c1-4-19-31-30(34)28(20-24-11-7-5-8-12-24)32(21-25-13-9-6-10-14-25)29(33)22-35-27-17-15-26(16-18-27)23(2)3/h5-18,23,28H,4,19-22H2,1-3H3,(H,31,34)/t28-/m1/s1. The average molecular weight is 473 g/mol. The SMILES string of the molecule is CCCNC(=O)[C@@H](Cc1ccccc1)N(Cc1ccccc1)C(=O)COc1ccc(C(C)C)cc1. The van der Waals surface area contributed by atoms with Crippen LogP contribution in [0.15, 0.2) is 84.9 Å². The van der Waals surface area contributed by atoms with Crippen molar-refractivity contribution in [3.63, 3.8) is 0 Å². The Labute approximate surface area is 209 Å². The lowest BCUT2D eigenvalue weighted by molar-refractivity contribution is -0.142. The summed E-state index contributed by atoms with van der Waals surface area (Å²) in [4.78, 5) is 28.4. The number of benzene rings is 3. The lowest BCUT2D eigenvalue weighted by atomic mass is 10.0. The van der Waals surface area contributed by atoms with Gasteiger partial charge in [0.2, 0.25) is 5.91 Å². The third-order valence-electron chi connectivity index (χ3n) is 5.93. The molecular weight excluding hydrogens is 436 g/mol. The highest BCUT2D eigenvalue weighted by Gasteiger charge is 2.30. The summed E-state index contributed by atoms with van der Waals surface area (Å²) in [5, 5.41) is 2.99. The molecule has 0 aliphatic carbocycles. The zero-order chi connectivity index (χ0) is 25.0. The van der Waals surface area contributed by atoms with E-state index in [1.54, 1.807) is 4.90 Å². The number of carbonyl (C=O) groups is 2. The van der Waals surface area contributed by atoms with Crippen LogP contribution in [0.3, 0.4) is 0 Å². The fourth-order valence-electron chi connectivity index (χ4n) is 3.88. The van der Waals surface area contributed by atoms with Crippen LogP contribution < -0.4 is 10.1 Å². The van der Waals surface area contributed by atoms with Gasteiger partial charge in [-0.2, -0.15) is 0 Å². The average Bonchev–Trinajstić information content (AvgIpc) is 2.89. The lowest BCUT2D eigenvalue weighted by Gasteiger charge is -2.31. The summed E-state index contributed by atoms with van der Waals surface area (Å²) in [5.41, 5.74) is 3.17. The number of hydrogen-bond acceptors (Lipinski definition) is 3. The number of rotatable bonds is 12. The van der Waals surface area contributed by atoms with E-state index in [0.29, 0.717) is 31.2 Å².